The summed E-state index contributed by atoms with van der Waals surface area (Å²) >= 11 is 12.4. The highest BCUT2D eigenvalue weighted by Crippen LogP contribution is 2.32. The number of amides is 2. The number of thiocarbonyl (C=S) groups is 1. The zero-order chi connectivity index (χ0) is 18.5. The summed E-state index contributed by atoms with van der Waals surface area (Å²) in [5, 5.41) is 3.31. The topological polar surface area (TPSA) is 49.4 Å². The van der Waals surface area contributed by atoms with Crippen LogP contribution in [0.5, 0.6) is 0 Å². The van der Waals surface area contributed by atoms with Gasteiger partial charge in [0.25, 0.3) is 5.91 Å². The van der Waals surface area contributed by atoms with Crippen molar-refractivity contribution in [3.05, 3.63) is 70.1 Å². The first-order valence-corrected chi connectivity index (χ1v) is 9.49. The first-order chi connectivity index (χ1) is 12.5. The van der Waals surface area contributed by atoms with Crippen LogP contribution >= 0.6 is 35.6 Å². The van der Waals surface area contributed by atoms with Crippen molar-refractivity contribution in [1.82, 2.24) is 4.90 Å². The molecule has 0 spiro atoms. The van der Waals surface area contributed by atoms with Crippen LogP contribution in [0.1, 0.15) is 12.0 Å². The molecule has 0 bridgehead atoms. The predicted molar refractivity (Wildman–Crippen MR) is 111 cm³/mol. The molecule has 0 unspecified atom stereocenters. The third kappa shape index (κ3) is 4.72. The molecule has 0 aromatic heterocycles. The van der Waals surface area contributed by atoms with Crippen molar-refractivity contribution >= 4 is 63.5 Å². The number of halogens is 1. The maximum Gasteiger partial charge on any atom is 0.266 e. The molecule has 1 N–H and O–H groups in total. The predicted octanol–water partition coefficient (Wildman–Crippen LogP) is 4.57. The molecule has 0 aliphatic carbocycles. The minimum atomic E-state index is -0.201. The molecule has 0 atom stereocenters. The van der Waals surface area contributed by atoms with Gasteiger partial charge in [-0.1, -0.05) is 72.0 Å². The maximum atomic E-state index is 12.5. The second-order valence-corrected chi connectivity index (χ2v) is 7.66. The van der Waals surface area contributed by atoms with Crippen LogP contribution in [0.2, 0.25) is 5.02 Å². The van der Waals surface area contributed by atoms with Crippen molar-refractivity contribution in [1.29, 1.82) is 0 Å². The van der Waals surface area contributed by atoms with E-state index < -0.39 is 0 Å². The van der Waals surface area contributed by atoms with Gasteiger partial charge in [-0.2, -0.15) is 0 Å². The minimum Gasteiger partial charge on any atom is -0.326 e. The molecule has 2 amide bonds. The molecule has 1 heterocycles. The largest absolute Gasteiger partial charge is 0.326 e. The molecular weight excluding hydrogens is 388 g/mol. The summed E-state index contributed by atoms with van der Waals surface area (Å²) in [5.74, 6) is -0.368. The Bertz CT molecular complexity index is 884. The van der Waals surface area contributed by atoms with Gasteiger partial charge < -0.3 is 5.32 Å². The first-order valence-electron chi connectivity index (χ1n) is 7.89. The lowest BCUT2D eigenvalue weighted by Gasteiger charge is -2.14. The summed E-state index contributed by atoms with van der Waals surface area (Å²) in [7, 11) is 0. The Morgan fingerprint density at radius 3 is 2.69 bits per heavy atom. The fraction of sp³-hybridized carbons (Fsp3) is 0.105. The van der Waals surface area contributed by atoms with Crippen LogP contribution in [0, 0.1) is 0 Å². The lowest BCUT2D eigenvalue weighted by molar-refractivity contribution is -0.122. The highest BCUT2D eigenvalue weighted by atomic mass is 35.5. The molecule has 2 aromatic rings. The highest BCUT2D eigenvalue weighted by molar-refractivity contribution is 8.26. The van der Waals surface area contributed by atoms with Crippen LogP contribution in [0.25, 0.3) is 6.08 Å². The van der Waals surface area contributed by atoms with E-state index in [0.29, 0.717) is 19.9 Å². The number of anilines is 1. The van der Waals surface area contributed by atoms with Crippen molar-refractivity contribution in [2.24, 2.45) is 0 Å². The quantitative estimate of drug-likeness (QED) is 0.588. The van der Waals surface area contributed by atoms with E-state index in [9.17, 15) is 9.59 Å². The molecule has 1 aliphatic heterocycles. The van der Waals surface area contributed by atoms with E-state index in [1.165, 1.54) is 16.7 Å². The summed E-state index contributed by atoms with van der Waals surface area (Å²) in [5.41, 5.74) is 1.56. The number of carbonyl (C=O) groups excluding carboxylic acids is 2. The summed E-state index contributed by atoms with van der Waals surface area (Å²) < 4.78 is 0.465. The second kappa shape index (κ2) is 8.49. The number of thioether (sulfide) groups is 1. The molecule has 1 aliphatic rings. The van der Waals surface area contributed by atoms with Gasteiger partial charge in [-0.05, 0) is 29.8 Å². The van der Waals surface area contributed by atoms with Crippen molar-refractivity contribution in [2.45, 2.75) is 6.42 Å². The average molecular weight is 403 g/mol. The summed E-state index contributed by atoms with van der Waals surface area (Å²) in [6.45, 7) is 0.239. The van der Waals surface area contributed by atoms with Gasteiger partial charge in [-0.15, -0.1) is 0 Å². The number of hydrogen-bond donors (Lipinski definition) is 1. The Morgan fingerprint density at radius 1 is 1.19 bits per heavy atom. The van der Waals surface area contributed by atoms with Gasteiger partial charge in [0.05, 0.1) is 4.91 Å². The van der Waals surface area contributed by atoms with E-state index in [4.69, 9.17) is 23.8 Å². The van der Waals surface area contributed by atoms with Gasteiger partial charge in [-0.25, -0.2) is 0 Å². The van der Waals surface area contributed by atoms with E-state index in [1.54, 1.807) is 24.3 Å². The lowest BCUT2D eigenvalue weighted by atomic mass is 10.2. The lowest BCUT2D eigenvalue weighted by Crippen LogP contribution is -2.31. The van der Waals surface area contributed by atoms with Gasteiger partial charge in [0.2, 0.25) is 5.91 Å². The SMILES string of the molecule is O=C(CCN1C(=O)/C(=C\c2ccccc2)SC1=S)Nc1cccc(Cl)c1. The monoisotopic (exact) mass is 402 g/mol. The van der Waals surface area contributed by atoms with E-state index >= 15 is 0 Å². The van der Waals surface area contributed by atoms with Crippen LogP contribution in [-0.4, -0.2) is 27.6 Å². The van der Waals surface area contributed by atoms with Crippen molar-refractivity contribution in [2.75, 3.05) is 11.9 Å². The molecule has 1 fully saturated rings. The Labute approximate surface area is 166 Å². The van der Waals surface area contributed by atoms with E-state index in [2.05, 4.69) is 5.32 Å². The summed E-state index contributed by atoms with van der Waals surface area (Å²) in [6.07, 6.45) is 1.96. The summed E-state index contributed by atoms with van der Waals surface area (Å²) in [4.78, 5) is 26.7. The number of carbonyl (C=O) groups is 2. The van der Waals surface area contributed by atoms with Crippen molar-refractivity contribution in [3.8, 4) is 0 Å². The van der Waals surface area contributed by atoms with E-state index in [0.717, 1.165) is 5.56 Å². The maximum absolute atomic E-state index is 12.5. The van der Waals surface area contributed by atoms with Crippen LogP contribution in [0.3, 0.4) is 0 Å². The normalized spacial score (nSPS) is 15.6. The molecule has 26 heavy (non-hydrogen) atoms. The van der Waals surface area contributed by atoms with Crippen LogP contribution in [0.4, 0.5) is 5.69 Å². The second-order valence-electron chi connectivity index (χ2n) is 5.55. The van der Waals surface area contributed by atoms with E-state index in [1.807, 2.05) is 36.4 Å². The van der Waals surface area contributed by atoms with Crippen molar-refractivity contribution in [3.63, 3.8) is 0 Å². The third-order valence-electron chi connectivity index (χ3n) is 3.64. The highest BCUT2D eigenvalue weighted by Gasteiger charge is 2.32. The molecular formula is C19H15ClN2O2S2. The Hall–Kier alpha value is -2.15. The molecule has 0 saturated carbocycles. The molecule has 132 valence electrons. The number of rotatable bonds is 5. The third-order valence-corrected chi connectivity index (χ3v) is 5.25. The first kappa shape index (κ1) is 18.6. The Balaban J connectivity index is 1.59. The fourth-order valence-electron chi connectivity index (χ4n) is 2.40. The summed E-state index contributed by atoms with van der Waals surface area (Å²) in [6, 6.07) is 16.5. The zero-order valence-corrected chi connectivity index (χ0v) is 16.0. The zero-order valence-electron chi connectivity index (χ0n) is 13.6. The van der Waals surface area contributed by atoms with Gasteiger partial charge in [0.15, 0.2) is 0 Å². The minimum absolute atomic E-state index is 0.150. The van der Waals surface area contributed by atoms with Crippen molar-refractivity contribution < 1.29 is 9.59 Å². The smallest absolute Gasteiger partial charge is 0.266 e. The number of nitrogens with one attached hydrogen (secondary N) is 1. The molecule has 4 nitrogen and oxygen atoms in total. The van der Waals surface area contributed by atoms with Crippen LogP contribution in [-0.2, 0) is 9.59 Å². The number of hydrogen-bond acceptors (Lipinski definition) is 4. The molecule has 7 heteroatoms. The number of benzene rings is 2. The van der Waals surface area contributed by atoms with Gasteiger partial charge >= 0.3 is 0 Å². The Morgan fingerprint density at radius 2 is 1.96 bits per heavy atom. The number of nitrogens with zero attached hydrogens (tertiary/aromatic N) is 1. The molecule has 1 saturated heterocycles. The van der Waals surface area contributed by atoms with E-state index in [-0.39, 0.29) is 24.8 Å². The molecule has 0 radical (unpaired) electrons. The molecule has 2 aromatic carbocycles. The van der Waals surface area contributed by atoms with Gasteiger partial charge in [-0.3, -0.25) is 14.5 Å². The van der Waals surface area contributed by atoms with Crippen LogP contribution in [0.15, 0.2) is 59.5 Å². The van der Waals surface area contributed by atoms with Gasteiger partial charge in [0, 0.05) is 23.7 Å². The molecule has 3 rings (SSSR count). The van der Waals surface area contributed by atoms with Crippen LogP contribution < -0.4 is 5.32 Å². The fourth-order valence-corrected chi connectivity index (χ4v) is 3.90. The Kier molecular flexibility index (Phi) is 6.08. The van der Waals surface area contributed by atoms with Gasteiger partial charge in [0.1, 0.15) is 4.32 Å². The standard InChI is InChI=1S/C19H15ClN2O2S2/c20-14-7-4-8-15(12-14)21-17(23)9-10-22-18(24)16(26-19(22)25)11-13-5-2-1-3-6-13/h1-8,11-12H,9-10H2,(H,21,23)/b16-11+. The average Bonchev–Trinajstić information content (AvgIpc) is 2.87.